The highest BCUT2D eigenvalue weighted by molar-refractivity contribution is 5.37. The van der Waals surface area contributed by atoms with Crippen LogP contribution in [0.1, 0.15) is 28.8 Å². The molecule has 3 atom stereocenters. The third-order valence-electron chi connectivity index (χ3n) is 4.36. The average Bonchev–Trinajstić information content (AvgIpc) is 2.87. The number of ether oxygens (including phenoxy) is 1. The summed E-state index contributed by atoms with van der Waals surface area (Å²) in [5, 5.41) is 3.52. The summed E-state index contributed by atoms with van der Waals surface area (Å²) in [5.41, 5.74) is 4.20. The van der Waals surface area contributed by atoms with Gasteiger partial charge in [0.15, 0.2) is 0 Å². The summed E-state index contributed by atoms with van der Waals surface area (Å²) in [7, 11) is 0. The van der Waals surface area contributed by atoms with Crippen molar-refractivity contribution in [2.45, 2.75) is 18.6 Å². The lowest BCUT2D eigenvalue weighted by molar-refractivity contribution is -0.0495. The number of hydrogen-bond donors (Lipinski definition) is 1. The Balaban J connectivity index is 1.71. The molecule has 2 nitrogen and oxygen atoms in total. The third-order valence-corrected chi connectivity index (χ3v) is 4.36. The molecule has 1 fully saturated rings. The Morgan fingerprint density at radius 2 is 1.74 bits per heavy atom. The molecule has 2 aliphatic rings. The highest BCUT2D eigenvalue weighted by Crippen LogP contribution is 2.46. The van der Waals surface area contributed by atoms with Gasteiger partial charge in [0.05, 0.1) is 12.8 Å². The van der Waals surface area contributed by atoms with Crippen molar-refractivity contribution in [1.29, 1.82) is 0 Å². The van der Waals surface area contributed by atoms with Gasteiger partial charge in [0.25, 0.3) is 0 Å². The molecule has 2 aromatic carbocycles. The summed E-state index contributed by atoms with van der Waals surface area (Å²) in [6.07, 6.45) is 1.36. The average molecular weight is 251 g/mol. The van der Waals surface area contributed by atoms with Crippen molar-refractivity contribution < 1.29 is 4.74 Å². The summed E-state index contributed by atoms with van der Waals surface area (Å²) in [5.74, 6) is 0.508. The van der Waals surface area contributed by atoms with E-state index in [1.165, 1.54) is 16.7 Å². The van der Waals surface area contributed by atoms with Gasteiger partial charge in [0, 0.05) is 12.0 Å². The monoisotopic (exact) mass is 251 g/mol. The summed E-state index contributed by atoms with van der Waals surface area (Å²) < 4.78 is 5.97. The van der Waals surface area contributed by atoms with Crippen molar-refractivity contribution in [3.63, 3.8) is 0 Å². The van der Waals surface area contributed by atoms with E-state index in [9.17, 15) is 0 Å². The van der Waals surface area contributed by atoms with Crippen molar-refractivity contribution in [1.82, 2.24) is 5.32 Å². The van der Waals surface area contributed by atoms with Gasteiger partial charge >= 0.3 is 0 Å². The Kier molecular flexibility index (Phi) is 2.64. The van der Waals surface area contributed by atoms with Gasteiger partial charge in [0.2, 0.25) is 0 Å². The molecule has 0 radical (unpaired) electrons. The van der Waals surface area contributed by atoms with Crippen molar-refractivity contribution >= 4 is 0 Å². The van der Waals surface area contributed by atoms with Crippen LogP contribution in [-0.4, -0.2) is 6.73 Å². The Morgan fingerprint density at radius 3 is 2.63 bits per heavy atom. The minimum absolute atomic E-state index is 0.252. The molecule has 2 aromatic rings. The second-order valence-corrected chi connectivity index (χ2v) is 5.39. The Bertz CT molecular complexity index is 581. The zero-order chi connectivity index (χ0) is 12.7. The number of rotatable bonds is 1. The van der Waals surface area contributed by atoms with Crippen molar-refractivity contribution in [2.24, 2.45) is 5.92 Å². The molecular weight excluding hydrogens is 234 g/mol. The standard InChI is InChI=1S/C17H17NO/c1-2-6-12(7-3-1)16-15-10-13-8-4-5-9-14(13)17(15)19-11-18-16/h1-9,15-18H,10-11H2/t15?,16-,17?/m1/s1. The number of fused-ring (bicyclic) bond motifs is 3. The molecule has 19 heavy (non-hydrogen) atoms. The van der Waals surface area contributed by atoms with Crippen LogP contribution in [0.25, 0.3) is 0 Å². The molecular formula is C17H17NO. The van der Waals surface area contributed by atoms with Gasteiger partial charge in [0.1, 0.15) is 0 Å². The fourth-order valence-corrected chi connectivity index (χ4v) is 3.50. The maximum atomic E-state index is 5.97. The maximum Gasteiger partial charge on any atom is 0.0978 e. The third kappa shape index (κ3) is 1.79. The van der Waals surface area contributed by atoms with Gasteiger partial charge < -0.3 is 4.74 Å². The Labute approximate surface area is 113 Å². The predicted octanol–water partition coefficient (Wildman–Crippen LogP) is 3.22. The van der Waals surface area contributed by atoms with E-state index in [1.807, 2.05) is 0 Å². The van der Waals surface area contributed by atoms with Crippen molar-refractivity contribution in [3.05, 3.63) is 71.3 Å². The van der Waals surface area contributed by atoms with Crippen LogP contribution in [0.2, 0.25) is 0 Å². The summed E-state index contributed by atoms with van der Waals surface area (Å²) in [6.45, 7) is 0.634. The zero-order valence-corrected chi connectivity index (χ0v) is 10.8. The van der Waals surface area contributed by atoms with E-state index in [0.29, 0.717) is 18.7 Å². The second-order valence-electron chi connectivity index (χ2n) is 5.39. The maximum absolute atomic E-state index is 5.97. The summed E-state index contributed by atoms with van der Waals surface area (Å²) >= 11 is 0. The number of nitrogens with one attached hydrogen (secondary N) is 1. The molecule has 0 spiro atoms. The topological polar surface area (TPSA) is 21.3 Å². The van der Waals surface area contributed by atoms with E-state index < -0.39 is 0 Å². The molecule has 1 aliphatic heterocycles. The first-order valence-electron chi connectivity index (χ1n) is 6.91. The molecule has 0 saturated carbocycles. The molecule has 4 rings (SSSR count). The van der Waals surface area contributed by atoms with Crippen LogP contribution in [-0.2, 0) is 11.2 Å². The van der Waals surface area contributed by atoms with E-state index in [-0.39, 0.29) is 6.10 Å². The van der Waals surface area contributed by atoms with Crippen LogP contribution in [0.3, 0.4) is 0 Å². The van der Waals surface area contributed by atoms with Crippen LogP contribution >= 0.6 is 0 Å². The number of hydrogen-bond acceptors (Lipinski definition) is 2. The molecule has 96 valence electrons. The van der Waals surface area contributed by atoms with Gasteiger partial charge in [-0.2, -0.15) is 0 Å². The first-order valence-corrected chi connectivity index (χ1v) is 6.91. The highest BCUT2D eigenvalue weighted by atomic mass is 16.5. The second kappa shape index (κ2) is 4.48. The Morgan fingerprint density at radius 1 is 0.947 bits per heavy atom. The molecule has 0 bridgehead atoms. The first kappa shape index (κ1) is 11.2. The fraction of sp³-hybridized carbons (Fsp3) is 0.294. The van der Waals surface area contributed by atoms with Crippen LogP contribution < -0.4 is 5.32 Å². The SMILES string of the molecule is c1ccc([C@H]2NCOC3c4ccccc4CC32)cc1. The fourth-order valence-electron chi connectivity index (χ4n) is 3.50. The molecule has 2 unspecified atom stereocenters. The highest BCUT2D eigenvalue weighted by Gasteiger charge is 2.41. The lowest BCUT2D eigenvalue weighted by Gasteiger charge is -2.35. The van der Waals surface area contributed by atoms with Crippen LogP contribution in [0, 0.1) is 5.92 Å². The molecule has 0 aromatic heterocycles. The van der Waals surface area contributed by atoms with Crippen molar-refractivity contribution in [3.8, 4) is 0 Å². The number of benzene rings is 2. The van der Waals surface area contributed by atoms with Gasteiger partial charge in [-0.15, -0.1) is 0 Å². The molecule has 1 N–H and O–H groups in total. The normalized spacial score (nSPS) is 28.7. The van der Waals surface area contributed by atoms with E-state index in [1.54, 1.807) is 0 Å². The molecule has 1 heterocycles. The zero-order valence-electron chi connectivity index (χ0n) is 10.8. The molecule has 1 saturated heterocycles. The van der Waals surface area contributed by atoms with Crippen molar-refractivity contribution in [2.75, 3.05) is 6.73 Å². The van der Waals surface area contributed by atoms with Gasteiger partial charge in [-0.25, -0.2) is 0 Å². The Hall–Kier alpha value is -1.64. The van der Waals surface area contributed by atoms with Crippen LogP contribution in [0.15, 0.2) is 54.6 Å². The van der Waals surface area contributed by atoms with Gasteiger partial charge in [-0.1, -0.05) is 54.6 Å². The minimum atomic E-state index is 0.252. The van der Waals surface area contributed by atoms with E-state index in [4.69, 9.17) is 4.74 Å². The van der Waals surface area contributed by atoms with Crippen LogP contribution in [0.5, 0.6) is 0 Å². The quantitative estimate of drug-likeness (QED) is 0.840. The van der Waals surface area contributed by atoms with E-state index in [0.717, 1.165) is 6.42 Å². The lowest BCUT2D eigenvalue weighted by atomic mass is 9.88. The van der Waals surface area contributed by atoms with E-state index in [2.05, 4.69) is 59.9 Å². The summed E-state index contributed by atoms with van der Waals surface area (Å²) in [6, 6.07) is 19.8. The summed E-state index contributed by atoms with van der Waals surface area (Å²) in [4.78, 5) is 0. The first-order chi connectivity index (χ1) is 9.43. The molecule has 2 heteroatoms. The smallest absolute Gasteiger partial charge is 0.0978 e. The van der Waals surface area contributed by atoms with E-state index >= 15 is 0 Å². The molecule has 0 amide bonds. The predicted molar refractivity (Wildman–Crippen MR) is 74.6 cm³/mol. The largest absolute Gasteiger partial charge is 0.358 e. The molecule has 1 aliphatic carbocycles. The van der Waals surface area contributed by atoms with Gasteiger partial charge in [-0.3, -0.25) is 5.32 Å². The minimum Gasteiger partial charge on any atom is -0.358 e. The van der Waals surface area contributed by atoms with Gasteiger partial charge in [-0.05, 0) is 23.1 Å². The van der Waals surface area contributed by atoms with Crippen LogP contribution in [0.4, 0.5) is 0 Å². The lowest BCUT2D eigenvalue weighted by Crippen LogP contribution is -2.39.